The second kappa shape index (κ2) is 9.34. The first-order valence-corrected chi connectivity index (χ1v) is 7.09. The molecule has 0 atom stereocenters. The first-order valence-electron chi connectivity index (χ1n) is 3.82. The number of nitrogens with one attached hydrogen (secondary N) is 1. The van der Waals surface area contributed by atoms with Gasteiger partial charge in [-0.3, -0.25) is 0 Å². The Morgan fingerprint density at radius 1 is 1.19 bits per heavy atom. The molecule has 90 valence electrons. The second-order valence-corrected chi connectivity index (χ2v) is 5.28. The molecule has 9 heteroatoms. The van der Waals surface area contributed by atoms with Gasteiger partial charge in [0.2, 0.25) is 0 Å². The summed E-state index contributed by atoms with van der Waals surface area (Å²) in [4.78, 5) is 0.146. The fourth-order valence-corrected chi connectivity index (χ4v) is 3.63. The van der Waals surface area contributed by atoms with Gasteiger partial charge in [-0.1, -0.05) is 0 Å². The Labute approximate surface area is 116 Å². The maximum atomic E-state index is 11.5. The number of hydrogen-bond donors (Lipinski definition) is 1. The standard InChI is InChI=1S/C7H7ClNO2S.Na.3H2O/c1-9-12(10,11)7-5-3-2-4-6(7)8;;;;/h2-5,9H,1H2;;3*1H2. The van der Waals surface area contributed by atoms with Gasteiger partial charge >= 0.3 is 101 Å². The van der Waals surface area contributed by atoms with Crippen molar-refractivity contribution in [2.75, 3.05) is 3.79 Å². The van der Waals surface area contributed by atoms with E-state index in [1.54, 1.807) is 18.2 Å². The Balaban J connectivity index is -0.000000563. The summed E-state index contributed by atoms with van der Waals surface area (Å²) in [7, 11) is -3.39. The van der Waals surface area contributed by atoms with E-state index in [2.05, 4.69) is 4.72 Å². The molecule has 0 aliphatic rings. The molecule has 0 aromatic heterocycles. The first kappa shape index (κ1) is 21.6. The number of hydrogen-bond acceptors (Lipinski definition) is 2. The fourth-order valence-electron chi connectivity index (χ4n) is 0.930. The van der Waals surface area contributed by atoms with E-state index >= 15 is 0 Å². The molecule has 0 spiro atoms. The predicted molar refractivity (Wildman–Crippen MR) is 63.2 cm³/mol. The van der Waals surface area contributed by atoms with E-state index in [4.69, 9.17) is 11.6 Å². The molecule has 0 radical (unpaired) electrons. The van der Waals surface area contributed by atoms with Gasteiger partial charge in [0, 0.05) is 0 Å². The van der Waals surface area contributed by atoms with Crippen LogP contribution in [0.15, 0.2) is 29.2 Å². The molecule has 0 saturated carbocycles. The molecule has 0 heterocycles. The van der Waals surface area contributed by atoms with E-state index in [9.17, 15) is 8.42 Å². The molecule has 0 amide bonds. The van der Waals surface area contributed by atoms with Crippen LogP contribution in [0.5, 0.6) is 0 Å². The van der Waals surface area contributed by atoms with Crippen molar-refractivity contribution in [1.82, 2.24) is 4.72 Å². The van der Waals surface area contributed by atoms with Crippen LogP contribution in [-0.4, -0.2) is 56.6 Å². The van der Waals surface area contributed by atoms with Crippen LogP contribution in [0.1, 0.15) is 0 Å². The molecule has 1 rings (SSSR count). The fraction of sp³-hybridized carbons (Fsp3) is 0.143. The Hall–Kier alpha value is 0.300. The summed E-state index contributed by atoms with van der Waals surface area (Å²) in [6.07, 6.45) is 0. The zero-order valence-electron chi connectivity index (χ0n) is 8.62. The van der Waals surface area contributed by atoms with E-state index < -0.39 is 10.0 Å². The van der Waals surface area contributed by atoms with Gasteiger partial charge < -0.3 is 16.4 Å². The summed E-state index contributed by atoms with van der Waals surface area (Å²) in [5, 5.41) is 0.255. The van der Waals surface area contributed by atoms with Gasteiger partial charge in [0.05, 0.1) is 0 Å². The third-order valence-corrected chi connectivity index (χ3v) is 4.37. The summed E-state index contributed by atoms with van der Waals surface area (Å²) in [5.74, 6) is 0. The minimum absolute atomic E-state index is 0. The molecule has 16 heavy (non-hydrogen) atoms. The number of benzene rings is 1. The maximum absolute atomic E-state index is 11.5. The summed E-state index contributed by atoms with van der Waals surface area (Å²) >= 11 is 6.52. The van der Waals surface area contributed by atoms with Gasteiger partial charge in [0.15, 0.2) is 0 Å². The minimum atomic E-state index is -3.39. The SMILES string of the molecule is O.O.O.O=S(=O)(N[CH2][Na])c1ccccc1Cl. The van der Waals surface area contributed by atoms with E-state index in [1.165, 1.54) is 6.07 Å². The average molecular weight is 282 g/mol. The van der Waals surface area contributed by atoms with Crippen LogP contribution in [-0.2, 0) is 10.0 Å². The van der Waals surface area contributed by atoms with Gasteiger partial charge in [-0.2, -0.15) is 0 Å². The van der Waals surface area contributed by atoms with Crippen LogP contribution in [0, 0.1) is 0 Å². The molecule has 1 aromatic rings. The summed E-state index contributed by atoms with van der Waals surface area (Å²) in [6, 6.07) is 6.39. The van der Waals surface area contributed by atoms with Crippen LogP contribution in [0.2, 0.25) is 5.02 Å². The van der Waals surface area contributed by atoms with Gasteiger partial charge in [-0.15, -0.1) is 0 Å². The molecule has 1 aromatic carbocycles. The Morgan fingerprint density at radius 2 is 1.69 bits per heavy atom. The van der Waals surface area contributed by atoms with Crippen LogP contribution in [0.25, 0.3) is 0 Å². The Morgan fingerprint density at radius 3 is 2.12 bits per heavy atom. The monoisotopic (exact) mass is 281 g/mol. The summed E-state index contributed by atoms with van der Waals surface area (Å²) in [6.45, 7) is 0. The molecule has 0 unspecified atom stereocenters. The number of rotatable bonds is 3. The van der Waals surface area contributed by atoms with E-state index in [0.717, 1.165) is 27.9 Å². The molecule has 0 bridgehead atoms. The second-order valence-electron chi connectivity index (χ2n) is 2.43. The van der Waals surface area contributed by atoms with Gasteiger partial charge in [0.25, 0.3) is 0 Å². The van der Waals surface area contributed by atoms with Crippen molar-refractivity contribution in [3.63, 3.8) is 0 Å². The van der Waals surface area contributed by atoms with Gasteiger partial charge in [0.1, 0.15) is 0 Å². The van der Waals surface area contributed by atoms with E-state index in [-0.39, 0.29) is 26.3 Å². The topological polar surface area (TPSA) is 141 Å². The number of sulfonamides is 1. The number of halogens is 1. The van der Waals surface area contributed by atoms with Crippen molar-refractivity contribution in [2.24, 2.45) is 0 Å². The van der Waals surface area contributed by atoms with Crippen LogP contribution < -0.4 is 4.72 Å². The Bertz CT molecular complexity index is 400. The Kier molecular flexibility index (Phi) is 12.6. The molecular formula is C7H13ClNNaO5S. The average Bonchev–Trinajstić information content (AvgIpc) is 2.04. The summed E-state index contributed by atoms with van der Waals surface area (Å²) in [5.41, 5.74) is 0. The third-order valence-electron chi connectivity index (χ3n) is 1.46. The molecule has 0 aliphatic carbocycles. The molecule has 0 fully saturated rings. The third kappa shape index (κ3) is 5.58. The van der Waals surface area contributed by atoms with Crippen molar-refractivity contribution < 1.29 is 24.8 Å². The van der Waals surface area contributed by atoms with Crippen molar-refractivity contribution in [3.8, 4) is 0 Å². The van der Waals surface area contributed by atoms with Crippen molar-refractivity contribution in [1.29, 1.82) is 0 Å². The molecule has 0 saturated heterocycles. The van der Waals surface area contributed by atoms with E-state index in [0.29, 0.717) is 3.79 Å². The van der Waals surface area contributed by atoms with Crippen LogP contribution in [0.3, 0.4) is 0 Å². The molecule has 0 aliphatic heterocycles. The van der Waals surface area contributed by atoms with Crippen molar-refractivity contribution >= 4 is 49.6 Å². The first-order chi connectivity index (χ1) is 6.08. The van der Waals surface area contributed by atoms with E-state index in [1.807, 2.05) is 0 Å². The zero-order chi connectivity index (χ0) is 9.90. The zero-order valence-corrected chi connectivity index (χ0v) is 12.2. The quantitative estimate of drug-likeness (QED) is 0.657. The van der Waals surface area contributed by atoms with Crippen LogP contribution >= 0.6 is 11.6 Å². The molecule has 6 nitrogen and oxygen atoms in total. The molecule has 7 N–H and O–H groups in total. The molecular weight excluding hydrogens is 269 g/mol. The predicted octanol–water partition coefficient (Wildman–Crippen LogP) is -1.73. The van der Waals surface area contributed by atoms with Crippen LogP contribution in [0.4, 0.5) is 0 Å². The van der Waals surface area contributed by atoms with Gasteiger partial charge in [-0.25, -0.2) is 0 Å². The van der Waals surface area contributed by atoms with Crippen molar-refractivity contribution in [3.05, 3.63) is 29.3 Å². The van der Waals surface area contributed by atoms with Gasteiger partial charge in [-0.05, 0) is 0 Å². The van der Waals surface area contributed by atoms with Crippen molar-refractivity contribution in [2.45, 2.75) is 4.90 Å². The normalized spacial score (nSPS) is 9.44. The summed E-state index contributed by atoms with van der Waals surface area (Å²) < 4.78 is 25.9.